The minimum atomic E-state index is -0.200. The lowest BCUT2D eigenvalue weighted by atomic mass is 10.0. The van der Waals surface area contributed by atoms with Crippen LogP contribution in [0.1, 0.15) is 47.4 Å². The summed E-state index contributed by atoms with van der Waals surface area (Å²) < 4.78 is 18.1. The smallest absolute Gasteiger partial charge is 0.251 e. The maximum absolute atomic E-state index is 13.6. The molecular formula is C33H38N4O5. The molecule has 2 amide bonds. The van der Waals surface area contributed by atoms with Gasteiger partial charge in [0.15, 0.2) is 11.5 Å². The molecule has 1 aromatic heterocycles. The van der Waals surface area contributed by atoms with Gasteiger partial charge in [-0.2, -0.15) is 0 Å². The Morgan fingerprint density at radius 2 is 1.64 bits per heavy atom. The number of hydrogen-bond donors (Lipinski definition) is 1. The third-order valence-electron chi connectivity index (χ3n) is 7.73. The van der Waals surface area contributed by atoms with Crippen LogP contribution in [0.4, 0.5) is 5.69 Å². The predicted octanol–water partition coefficient (Wildman–Crippen LogP) is 5.18. The number of carbonyl (C=O) groups excluding carboxylic acids is 2. The van der Waals surface area contributed by atoms with Gasteiger partial charge in [-0.1, -0.05) is 36.8 Å². The van der Waals surface area contributed by atoms with Gasteiger partial charge in [0.05, 0.1) is 32.4 Å². The van der Waals surface area contributed by atoms with E-state index in [1.54, 1.807) is 12.1 Å². The fraction of sp³-hybridized carbons (Fsp3) is 0.364. The number of amides is 2. The van der Waals surface area contributed by atoms with E-state index in [1.165, 1.54) is 26.9 Å². The largest absolute Gasteiger partial charge is 0.493 e. The molecule has 0 fully saturated rings. The minimum Gasteiger partial charge on any atom is -0.493 e. The van der Waals surface area contributed by atoms with Gasteiger partial charge in [-0.15, -0.1) is 0 Å². The van der Waals surface area contributed by atoms with Gasteiger partial charge in [-0.05, 0) is 61.6 Å². The van der Waals surface area contributed by atoms with Crippen molar-refractivity contribution < 1.29 is 23.8 Å². The molecule has 2 heterocycles. The zero-order chi connectivity index (χ0) is 29.5. The lowest BCUT2D eigenvalue weighted by molar-refractivity contribution is -0.119. The van der Waals surface area contributed by atoms with E-state index in [2.05, 4.69) is 16.0 Å². The Hall–Kier alpha value is -4.53. The second-order valence-corrected chi connectivity index (χ2v) is 10.4. The predicted molar refractivity (Wildman–Crippen MR) is 163 cm³/mol. The van der Waals surface area contributed by atoms with Gasteiger partial charge < -0.3 is 29.0 Å². The monoisotopic (exact) mass is 570 g/mol. The topological polar surface area (TPSA) is 94.9 Å². The molecule has 0 saturated carbocycles. The van der Waals surface area contributed by atoms with Gasteiger partial charge in [0.2, 0.25) is 11.7 Å². The number of unbranched alkanes of at least 4 members (excludes halogenated alkanes) is 2. The fourth-order valence-electron chi connectivity index (χ4n) is 5.61. The van der Waals surface area contributed by atoms with Crippen LogP contribution in [0.3, 0.4) is 0 Å². The Labute approximate surface area is 246 Å². The third kappa shape index (κ3) is 6.20. The van der Waals surface area contributed by atoms with Crippen molar-refractivity contribution in [1.82, 2.24) is 14.9 Å². The van der Waals surface area contributed by atoms with Crippen molar-refractivity contribution in [3.8, 4) is 17.2 Å². The maximum Gasteiger partial charge on any atom is 0.251 e. The van der Waals surface area contributed by atoms with Crippen molar-refractivity contribution in [3.05, 3.63) is 77.6 Å². The first-order valence-electron chi connectivity index (χ1n) is 14.4. The number of methoxy groups -OCH3 is 3. The van der Waals surface area contributed by atoms with Crippen LogP contribution in [-0.4, -0.2) is 55.8 Å². The summed E-state index contributed by atoms with van der Waals surface area (Å²) in [6, 6.07) is 19.5. The summed E-state index contributed by atoms with van der Waals surface area (Å²) in [6.07, 6.45) is 5.34. The van der Waals surface area contributed by atoms with Crippen LogP contribution in [0.5, 0.6) is 17.2 Å². The first kappa shape index (κ1) is 29.0. The summed E-state index contributed by atoms with van der Waals surface area (Å²) in [4.78, 5) is 33.1. The second kappa shape index (κ2) is 13.4. The highest BCUT2D eigenvalue weighted by Gasteiger charge is 2.24. The molecule has 42 heavy (non-hydrogen) atoms. The van der Waals surface area contributed by atoms with Gasteiger partial charge in [0, 0.05) is 30.8 Å². The number of hydrogen-bond acceptors (Lipinski definition) is 6. The highest BCUT2D eigenvalue weighted by molar-refractivity contribution is 5.96. The van der Waals surface area contributed by atoms with Crippen molar-refractivity contribution in [3.63, 3.8) is 0 Å². The summed E-state index contributed by atoms with van der Waals surface area (Å²) >= 11 is 0. The SMILES string of the molecule is COc1cc(C(=O)NCCCCCc2nc3ccccc3n2CC(=O)N2CCCc3ccccc32)cc(OC)c1OC. The van der Waals surface area contributed by atoms with E-state index in [0.717, 1.165) is 67.6 Å². The van der Waals surface area contributed by atoms with E-state index in [9.17, 15) is 9.59 Å². The normalized spacial score (nSPS) is 12.6. The number of nitrogens with zero attached hydrogens (tertiary/aromatic N) is 3. The molecule has 0 aliphatic carbocycles. The number of fused-ring (bicyclic) bond motifs is 2. The summed E-state index contributed by atoms with van der Waals surface area (Å²) in [6.45, 7) is 1.54. The van der Waals surface area contributed by atoms with Crippen LogP contribution < -0.4 is 24.4 Å². The first-order chi connectivity index (χ1) is 20.5. The zero-order valence-corrected chi connectivity index (χ0v) is 24.5. The Morgan fingerprint density at radius 1 is 0.905 bits per heavy atom. The molecule has 4 aromatic rings. The molecule has 9 heteroatoms. The van der Waals surface area contributed by atoms with Crippen LogP contribution >= 0.6 is 0 Å². The Morgan fingerprint density at radius 3 is 2.40 bits per heavy atom. The number of aryl methyl sites for hydroxylation is 2. The van der Waals surface area contributed by atoms with E-state index < -0.39 is 0 Å². The fourth-order valence-corrected chi connectivity index (χ4v) is 5.61. The Kier molecular flexibility index (Phi) is 9.26. The molecule has 0 bridgehead atoms. The number of benzene rings is 3. The average molecular weight is 571 g/mol. The molecule has 0 saturated heterocycles. The number of rotatable bonds is 12. The van der Waals surface area contributed by atoms with Gasteiger partial charge in [-0.25, -0.2) is 4.98 Å². The lowest BCUT2D eigenvalue weighted by Gasteiger charge is -2.29. The van der Waals surface area contributed by atoms with Crippen molar-refractivity contribution in [2.24, 2.45) is 0 Å². The number of nitrogens with one attached hydrogen (secondary N) is 1. The molecule has 1 N–H and O–H groups in total. The molecule has 9 nitrogen and oxygen atoms in total. The molecule has 1 aliphatic rings. The second-order valence-electron chi connectivity index (χ2n) is 10.4. The number of imidazole rings is 1. The molecule has 3 aromatic carbocycles. The molecule has 0 unspecified atom stereocenters. The molecule has 5 rings (SSSR count). The molecule has 1 aliphatic heterocycles. The maximum atomic E-state index is 13.6. The van der Waals surface area contributed by atoms with Gasteiger partial charge in [0.25, 0.3) is 5.91 Å². The molecular weight excluding hydrogens is 532 g/mol. The zero-order valence-electron chi connectivity index (χ0n) is 24.5. The van der Waals surface area contributed by atoms with Crippen LogP contribution in [0.25, 0.3) is 11.0 Å². The van der Waals surface area contributed by atoms with Crippen LogP contribution in [0.2, 0.25) is 0 Å². The number of aromatic nitrogens is 2. The standard InChI is InChI=1S/C33H38N4O5/c1-40-28-20-24(21-29(41-2)32(28)42-3)33(39)34-18-10-4-5-17-30-35-25-14-7-9-16-27(25)37(30)22-31(38)36-19-11-13-23-12-6-8-15-26(23)36/h6-9,12,14-16,20-21H,4-5,10-11,13,17-19,22H2,1-3H3,(H,34,39). The molecule has 220 valence electrons. The average Bonchev–Trinajstić information content (AvgIpc) is 3.38. The summed E-state index contributed by atoms with van der Waals surface area (Å²) in [5.41, 5.74) is 4.57. The minimum absolute atomic E-state index is 0.0843. The first-order valence-corrected chi connectivity index (χ1v) is 14.4. The van der Waals surface area contributed by atoms with Crippen molar-refractivity contribution in [2.45, 2.75) is 45.1 Å². The Balaban J connectivity index is 1.18. The van der Waals surface area contributed by atoms with E-state index >= 15 is 0 Å². The third-order valence-corrected chi connectivity index (χ3v) is 7.73. The number of para-hydroxylation sites is 3. The lowest BCUT2D eigenvalue weighted by Crippen LogP contribution is -2.38. The van der Waals surface area contributed by atoms with Crippen molar-refractivity contribution in [2.75, 3.05) is 39.3 Å². The molecule has 0 radical (unpaired) electrons. The molecule has 0 atom stereocenters. The van der Waals surface area contributed by atoms with Crippen LogP contribution in [0.15, 0.2) is 60.7 Å². The number of ether oxygens (including phenoxy) is 3. The van der Waals surface area contributed by atoms with Crippen molar-refractivity contribution >= 4 is 28.5 Å². The van der Waals surface area contributed by atoms with Crippen molar-refractivity contribution in [1.29, 1.82) is 0 Å². The number of anilines is 1. The van der Waals surface area contributed by atoms with E-state index in [-0.39, 0.29) is 18.4 Å². The Bertz CT molecular complexity index is 1540. The summed E-state index contributed by atoms with van der Waals surface area (Å²) in [5.74, 6) is 2.12. The van der Waals surface area contributed by atoms with E-state index in [4.69, 9.17) is 19.2 Å². The summed E-state index contributed by atoms with van der Waals surface area (Å²) in [7, 11) is 4.58. The van der Waals surface area contributed by atoms with Crippen LogP contribution in [0, 0.1) is 0 Å². The van der Waals surface area contributed by atoms with Gasteiger partial charge in [-0.3, -0.25) is 9.59 Å². The van der Waals surface area contributed by atoms with Gasteiger partial charge >= 0.3 is 0 Å². The number of carbonyl (C=O) groups is 2. The van der Waals surface area contributed by atoms with Gasteiger partial charge in [0.1, 0.15) is 12.4 Å². The van der Waals surface area contributed by atoms with Crippen LogP contribution in [-0.2, 0) is 24.2 Å². The van der Waals surface area contributed by atoms with E-state index in [1.807, 2.05) is 47.4 Å². The highest BCUT2D eigenvalue weighted by Crippen LogP contribution is 2.38. The quantitative estimate of drug-likeness (QED) is 0.236. The molecule has 0 spiro atoms. The summed E-state index contributed by atoms with van der Waals surface area (Å²) in [5, 5.41) is 2.98. The highest BCUT2D eigenvalue weighted by atomic mass is 16.5. The van der Waals surface area contributed by atoms with E-state index in [0.29, 0.717) is 29.4 Å².